The van der Waals surface area contributed by atoms with E-state index in [4.69, 9.17) is 15.5 Å². The van der Waals surface area contributed by atoms with Gasteiger partial charge in [0.25, 0.3) is 0 Å². The summed E-state index contributed by atoms with van der Waals surface area (Å²) in [6, 6.07) is 49.5. The summed E-state index contributed by atoms with van der Waals surface area (Å²) in [5.41, 5.74) is 0.653. The van der Waals surface area contributed by atoms with E-state index in [0.29, 0.717) is 5.56 Å². The highest BCUT2D eigenvalue weighted by Gasteiger charge is 2.52. The molecule has 5 rings (SSSR count). The van der Waals surface area contributed by atoms with Gasteiger partial charge in [-0.2, -0.15) is 11.1 Å². The number of carbonyl (C=O) groups is 1. The van der Waals surface area contributed by atoms with Gasteiger partial charge in [0.15, 0.2) is 0 Å². The van der Waals surface area contributed by atoms with Crippen molar-refractivity contribution in [3.8, 4) is 5.75 Å². The lowest BCUT2D eigenvalue weighted by molar-refractivity contribution is 0.112. The summed E-state index contributed by atoms with van der Waals surface area (Å²) in [5.74, 6) is 0.796. The summed E-state index contributed by atoms with van der Waals surface area (Å²) in [7, 11) is -4.84. The Labute approximate surface area is 270 Å². The smallest absolute Gasteiger partial charge is 0.319 e. The first-order valence-electron chi connectivity index (χ1n) is 15.1. The zero-order valence-corrected chi connectivity index (χ0v) is 29.4. The van der Waals surface area contributed by atoms with Crippen molar-refractivity contribution in [2.45, 2.75) is 51.6 Å². The average molecular weight is 635 g/mol. The summed E-state index contributed by atoms with van der Waals surface area (Å²) < 4.78 is 6.86. The van der Waals surface area contributed by atoms with E-state index in [-0.39, 0.29) is 10.1 Å². The van der Waals surface area contributed by atoms with E-state index >= 15 is 0 Å². The van der Waals surface area contributed by atoms with Gasteiger partial charge >= 0.3 is 8.32 Å². The second-order valence-electron chi connectivity index (χ2n) is 13.1. The number of halogens is 1. The fourth-order valence-electron chi connectivity index (χ4n) is 5.81. The zero-order valence-electron chi connectivity index (χ0n) is 26.6. The van der Waals surface area contributed by atoms with Gasteiger partial charge in [-0.1, -0.05) is 163 Å². The van der Waals surface area contributed by atoms with Crippen molar-refractivity contribution in [3.63, 3.8) is 0 Å². The van der Waals surface area contributed by atoms with E-state index in [1.54, 1.807) is 12.1 Å². The van der Waals surface area contributed by atoms with Crippen molar-refractivity contribution in [2.24, 2.45) is 0 Å². The lowest BCUT2D eigenvalue weighted by Gasteiger charge is -2.43. The van der Waals surface area contributed by atoms with E-state index in [1.807, 2.05) is 36.4 Å². The molecule has 5 aromatic carbocycles. The van der Waals surface area contributed by atoms with Crippen LogP contribution in [0.5, 0.6) is 5.75 Å². The minimum atomic E-state index is -2.61. The van der Waals surface area contributed by atoms with Gasteiger partial charge < -0.3 is 4.43 Å². The van der Waals surface area contributed by atoms with Crippen LogP contribution in [0.25, 0.3) is 0 Å². The lowest BCUT2D eigenvalue weighted by atomic mass is 10.2. The van der Waals surface area contributed by atoms with Crippen molar-refractivity contribution in [2.75, 3.05) is 0 Å². The highest BCUT2D eigenvalue weighted by atomic mass is 35.6. The number of aldehydes is 1. The first-order chi connectivity index (χ1) is 20.9. The predicted octanol–water partition coefficient (Wildman–Crippen LogP) is 8.22. The third-order valence-corrected chi connectivity index (χ3v) is 20.4. The zero-order chi connectivity index (χ0) is 31.8. The summed E-state index contributed by atoms with van der Waals surface area (Å²) in [6.45, 7) is 13.5. The molecular weight excluding hydrogens is 592 g/mol. The van der Waals surface area contributed by atoms with Crippen molar-refractivity contribution in [1.82, 2.24) is 0 Å². The molecule has 0 atom stereocenters. The molecule has 0 radical (unpaired) electrons. The maximum absolute atomic E-state index is 11.0. The van der Waals surface area contributed by atoms with E-state index in [2.05, 4.69) is 139 Å². The number of hydrogen-bond acceptors (Lipinski definition) is 2. The monoisotopic (exact) mass is 634 g/mol. The van der Waals surface area contributed by atoms with Crippen molar-refractivity contribution in [1.29, 1.82) is 0 Å². The van der Waals surface area contributed by atoms with Gasteiger partial charge in [-0.3, -0.25) is 4.79 Å². The van der Waals surface area contributed by atoms with Crippen LogP contribution in [-0.2, 0) is 0 Å². The van der Waals surface area contributed by atoms with Gasteiger partial charge in [0.05, 0.1) is 0 Å². The summed E-state index contributed by atoms with van der Waals surface area (Å²) >= 11 is 7.21. The average Bonchev–Trinajstić information content (AvgIpc) is 3.04. The molecular formula is C39H43ClO2Si2. The first-order valence-corrected chi connectivity index (χ1v) is 20.0. The second-order valence-corrected chi connectivity index (χ2v) is 23.0. The molecule has 0 aliphatic rings. The van der Waals surface area contributed by atoms with Gasteiger partial charge in [0.1, 0.15) is 12.0 Å². The molecule has 0 spiro atoms. The van der Waals surface area contributed by atoms with E-state index in [0.717, 1.165) is 12.0 Å². The Morgan fingerprint density at radius 2 is 0.841 bits per heavy atom. The standard InChI is InChI=1S/C23H24O2Si.C16H19ClSi/c1-23(2,3)26(21-10-6-4-7-11-21,22-12-8-5-9-13-22)25-20-16-14-19(18-24)15-17-20;1-16(2,3)18(17,14-10-6-4-7-11-14)15-12-8-5-9-13-15/h4-18H,1-3H3;4-13H,1-3H3. The minimum absolute atomic E-state index is 0.0667. The quantitative estimate of drug-likeness (QED) is 0.102. The molecule has 0 saturated heterocycles. The molecule has 0 heterocycles. The molecule has 0 amide bonds. The molecule has 0 unspecified atom stereocenters. The largest absolute Gasteiger partial charge is 0.534 e. The number of benzene rings is 5. The van der Waals surface area contributed by atoms with Crippen LogP contribution in [0.2, 0.25) is 10.1 Å². The maximum Gasteiger partial charge on any atom is 0.319 e. The van der Waals surface area contributed by atoms with Crippen LogP contribution in [-0.4, -0.2) is 22.0 Å². The third kappa shape index (κ3) is 6.99. The van der Waals surface area contributed by atoms with Crippen LogP contribution in [0.3, 0.4) is 0 Å². The Morgan fingerprint density at radius 1 is 0.500 bits per heavy atom. The SMILES string of the molecule is CC(C)(C)[Si](Cl)(c1ccccc1)c1ccccc1.CC(C)(C)[Si](Oc1ccc(C=O)cc1)(c1ccccc1)c1ccccc1. The normalized spacial score (nSPS) is 12.1. The molecule has 44 heavy (non-hydrogen) atoms. The maximum atomic E-state index is 11.0. The van der Waals surface area contributed by atoms with Gasteiger partial charge in [-0.25, -0.2) is 0 Å². The fraction of sp³-hybridized carbons (Fsp3) is 0.205. The predicted molar refractivity (Wildman–Crippen MR) is 194 cm³/mol. The molecule has 0 aromatic heterocycles. The van der Waals surface area contributed by atoms with Crippen LogP contribution >= 0.6 is 11.1 Å². The van der Waals surface area contributed by atoms with Crippen LogP contribution in [0, 0.1) is 0 Å². The van der Waals surface area contributed by atoms with Crippen molar-refractivity contribution < 1.29 is 9.22 Å². The molecule has 0 bridgehead atoms. The van der Waals surface area contributed by atoms with E-state index in [9.17, 15) is 4.79 Å². The Kier molecular flexibility index (Phi) is 10.5. The Balaban J connectivity index is 0.000000215. The van der Waals surface area contributed by atoms with Gasteiger partial charge in [-0.15, -0.1) is 0 Å². The number of rotatable bonds is 7. The molecule has 0 N–H and O–H groups in total. The summed E-state index contributed by atoms with van der Waals surface area (Å²) in [6.07, 6.45) is 0.854. The molecule has 2 nitrogen and oxygen atoms in total. The summed E-state index contributed by atoms with van der Waals surface area (Å²) in [5, 5.41) is 5.02. The molecule has 5 aromatic rings. The van der Waals surface area contributed by atoms with Crippen molar-refractivity contribution >= 4 is 53.8 Å². The number of hydrogen-bond donors (Lipinski definition) is 0. The van der Waals surface area contributed by atoms with E-state index < -0.39 is 15.7 Å². The van der Waals surface area contributed by atoms with Crippen LogP contribution in [0.1, 0.15) is 51.9 Å². The van der Waals surface area contributed by atoms with E-state index in [1.165, 1.54) is 20.7 Å². The van der Waals surface area contributed by atoms with Crippen LogP contribution in [0.15, 0.2) is 146 Å². The number of carbonyl (C=O) groups excluding carboxylic acids is 1. The van der Waals surface area contributed by atoms with Crippen LogP contribution in [0.4, 0.5) is 0 Å². The lowest BCUT2D eigenvalue weighted by Crippen LogP contribution is -2.68. The molecule has 0 aliphatic carbocycles. The molecule has 5 heteroatoms. The van der Waals surface area contributed by atoms with Gasteiger partial charge in [0.2, 0.25) is 7.38 Å². The Bertz CT molecular complexity index is 1520. The minimum Gasteiger partial charge on any atom is -0.534 e. The molecule has 0 aliphatic heterocycles. The Morgan fingerprint density at radius 3 is 1.14 bits per heavy atom. The third-order valence-electron chi connectivity index (χ3n) is 8.08. The topological polar surface area (TPSA) is 26.3 Å². The first kappa shape index (κ1) is 33.2. The molecule has 226 valence electrons. The van der Waals surface area contributed by atoms with Gasteiger partial charge in [0, 0.05) is 5.56 Å². The Hall–Kier alpha value is -3.71. The summed E-state index contributed by atoms with van der Waals surface area (Å²) in [4.78, 5) is 11.0. The highest BCUT2D eigenvalue weighted by molar-refractivity contribution is 7.35. The molecule has 0 saturated carbocycles. The van der Waals surface area contributed by atoms with Crippen LogP contribution < -0.4 is 25.2 Å². The highest BCUT2D eigenvalue weighted by Crippen LogP contribution is 2.39. The second kappa shape index (κ2) is 13.9. The molecule has 0 fully saturated rings. The van der Waals surface area contributed by atoms with Gasteiger partial charge in [-0.05, 0) is 55.1 Å². The van der Waals surface area contributed by atoms with Crippen molar-refractivity contribution in [3.05, 3.63) is 151 Å². The fourth-order valence-corrected chi connectivity index (χ4v) is 14.4.